The fraction of sp³-hybridized carbons (Fsp3) is 0.571. The van der Waals surface area contributed by atoms with E-state index < -0.39 is 0 Å². The molecule has 2 aromatic heterocycles. The van der Waals surface area contributed by atoms with E-state index in [2.05, 4.69) is 29.4 Å². The third-order valence-electron chi connectivity index (χ3n) is 3.29. The van der Waals surface area contributed by atoms with E-state index in [1.807, 2.05) is 28.6 Å². The van der Waals surface area contributed by atoms with Crippen molar-refractivity contribution in [2.45, 2.75) is 46.8 Å². The lowest BCUT2D eigenvalue weighted by Crippen LogP contribution is -2.18. The van der Waals surface area contributed by atoms with Crippen molar-refractivity contribution in [2.75, 3.05) is 6.54 Å². The lowest BCUT2D eigenvalue weighted by Gasteiger charge is -2.10. The highest BCUT2D eigenvalue weighted by atomic mass is 35.5. The predicted molar refractivity (Wildman–Crippen MR) is 81.0 cm³/mol. The molecule has 2 aromatic rings. The van der Waals surface area contributed by atoms with Gasteiger partial charge in [-0.2, -0.15) is 10.2 Å². The van der Waals surface area contributed by atoms with Crippen LogP contribution in [0.25, 0.3) is 0 Å². The van der Waals surface area contributed by atoms with Gasteiger partial charge in [-0.1, -0.05) is 18.5 Å². The second-order valence-corrected chi connectivity index (χ2v) is 5.20. The van der Waals surface area contributed by atoms with Crippen LogP contribution in [0.3, 0.4) is 0 Å². The Kier molecular flexibility index (Phi) is 5.20. The third kappa shape index (κ3) is 3.22. The Bertz CT molecular complexity index is 558. The third-order valence-corrected chi connectivity index (χ3v) is 3.78. The van der Waals surface area contributed by atoms with Crippen LogP contribution in [0.15, 0.2) is 12.3 Å². The van der Waals surface area contributed by atoms with E-state index in [4.69, 9.17) is 11.6 Å². The zero-order valence-corrected chi connectivity index (χ0v) is 13.1. The number of nitrogens with one attached hydrogen (secondary N) is 1. The van der Waals surface area contributed by atoms with Crippen molar-refractivity contribution in [3.05, 3.63) is 34.4 Å². The van der Waals surface area contributed by atoms with E-state index in [1.165, 1.54) is 0 Å². The van der Waals surface area contributed by atoms with Gasteiger partial charge in [0.2, 0.25) is 0 Å². The first-order chi connectivity index (χ1) is 9.67. The SMILES string of the molecule is CCCNCc1ccnn1Cc1c(Cl)c(C)nn1CC. The van der Waals surface area contributed by atoms with Crippen LogP contribution in [0.4, 0.5) is 0 Å². The molecule has 0 amide bonds. The van der Waals surface area contributed by atoms with Gasteiger partial charge in [0.15, 0.2) is 0 Å². The summed E-state index contributed by atoms with van der Waals surface area (Å²) in [6.07, 6.45) is 2.96. The fourth-order valence-corrected chi connectivity index (χ4v) is 2.40. The van der Waals surface area contributed by atoms with Gasteiger partial charge in [0, 0.05) is 19.3 Å². The van der Waals surface area contributed by atoms with E-state index in [1.54, 1.807) is 0 Å². The first kappa shape index (κ1) is 15.1. The Morgan fingerprint density at radius 2 is 2.10 bits per heavy atom. The number of aryl methyl sites for hydroxylation is 2. The van der Waals surface area contributed by atoms with Gasteiger partial charge in [-0.25, -0.2) is 0 Å². The fourth-order valence-electron chi connectivity index (χ4n) is 2.21. The number of nitrogens with zero attached hydrogens (tertiary/aromatic N) is 4. The van der Waals surface area contributed by atoms with Crippen molar-refractivity contribution in [3.63, 3.8) is 0 Å². The zero-order valence-electron chi connectivity index (χ0n) is 12.4. The quantitative estimate of drug-likeness (QED) is 0.799. The minimum atomic E-state index is 0.656. The number of hydrogen-bond acceptors (Lipinski definition) is 3. The van der Waals surface area contributed by atoms with Gasteiger partial charge in [-0.05, 0) is 32.9 Å². The topological polar surface area (TPSA) is 47.7 Å². The molecule has 0 spiro atoms. The zero-order chi connectivity index (χ0) is 14.5. The molecule has 2 rings (SSSR count). The van der Waals surface area contributed by atoms with E-state index in [0.717, 1.165) is 48.2 Å². The van der Waals surface area contributed by atoms with Crippen molar-refractivity contribution >= 4 is 11.6 Å². The maximum atomic E-state index is 6.35. The summed E-state index contributed by atoms with van der Waals surface area (Å²) in [6.45, 7) is 9.47. The molecule has 0 bridgehead atoms. The molecule has 5 nitrogen and oxygen atoms in total. The summed E-state index contributed by atoms with van der Waals surface area (Å²) in [4.78, 5) is 0. The Balaban J connectivity index is 2.16. The van der Waals surface area contributed by atoms with Crippen LogP contribution < -0.4 is 5.32 Å². The minimum Gasteiger partial charge on any atom is -0.311 e. The number of rotatable bonds is 7. The first-order valence-electron chi connectivity index (χ1n) is 7.10. The van der Waals surface area contributed by atoms with Gasteiger partial charge in [0.25, 0.3) is 0 Å². The Labute approximate surface area is 124 Å². The molecule has 0 aliphatic heterocycles. The van der Waals surface area contributed by atoms with Gasteiger partial charge < -0.3 is 5.32 Å². The monoisotopic (exact) mass is 295 g/mol. The summed E-state index contributed by atoms with van der Waals surface area (Å²) in [5.74, 6) is 0. The molecule has 1 N–H and O–H groups in total. The number of aromatic nitrogens is 4. The second-order valence-electron chi connectivity index (χ2n) is 4.82. The van der Waals surface area contributed by atoms with Crippen LogP contribution in [0, 0.1) is 6.92 Å². The van der Waals surface area contributed by atoms with Gasteiger partial charge in [-0.15, -0.1) is 0 Å². The van der Waals surface area contributed by atoms with Gasteiger partial charge in [0.1, 0.15) is 0 Å². The summed E-state index contributed by atoms with van der Waals surface area (Å²) in [5, 5.41) is 13.0. The molecule has 110 valence electrons. The smallest absolute Gasteiger partial charge is 0.0866 e. The lowest BCUT2D eigenvalue weighted by molar-refractivity contribution is 0.548. The van der Waals surface area contributed by atoms with Gasteiger partial charge in [-0.3, -0.25) is 9.36 Å². The lowest BCUT2D eigenvalue weighted by atomic mass is 10.3. The predicted octanol–water partition coefficient (Wildman–Crippen LogP) is 2.61. The first-order valence-corrected chi connectivity index (χ1v) is 7.48. The van der Waals surface area contributed by atoms with Crippen LogP contribution in [0.5, 0.6) is 0 Å². The van der Waals surface area contributed by atoms with Crippen molar-refractivity contribution in [3.8, 4) is 0 Å². The molecule has 0 atom stereocenters. The Hall–Kier alpha value is -1.33. The highest BCUT2D eigenvalue weighted by Gasteiger charge is 2.14. The van der Waals surface area contributed by atoms with Gasteiger partial charge >= 0.3 is 0 Å². The maximum absolute atomic E-state index is 6.35. The van der Waals surface area contributed by atoms with Crippen LogP contribution in [0.2, 0.25) is 5.02 Å². The molecule has 0 unspecified atom stereocenters. The summed E-state index contributed by atoms with van der Waals surface area (Å²) in [6, 6.07) is 2.04. The van der Waals surface area contributed by atoms with E-state index in [0.29, 0.717) is 6.54 Å². The number of hydrogen-bond donors (Lipinski definition) is 1. The Morgan fingerprint density at radius 3 is 2.80 bits per heavy atom. The molecule has 0 saturated carbocycles. The normalized spacial score (nSPS) is 11.2. The molecule has 0 radical (unpaired) electrons. The average Bonchev–Trinajstić information content (AvgIpc) is 2.99. The molecule has 6 heteroatoms. The molecule has 0 fully saturated rings. The van der Waals surface area contributed by atoms with Crippen molar-refractivity contribution in [1.29, 1.82) is 0 Å². The van der Waals surface area contributed by atoms with E-state index in [-0.39, 0.29) is 0 Å². The molecular formula is C14H22ClN5. The van der Waals surface area contributed by atoms with Crippen molar-refractivity contribution in [2.24, 2.45) is 0 Å². The summed E-state index contributed by atoms with van der Waals surface area (Å²) < 4.78 is 3.93. The van der Waals surface area contributed by atoms with Crippen molar-refractivity contribution < 1.29 is 0 Å². The van der Waals surface area contributed by atoms with Crippen LogP contribution >= 0.6 is 11.6 Å². The van der Waals surface area contributed by atoms with Crippen LogP contribution in [-0.4, -0.2) is 26.1 Å². The molecule has 2 heterocycles. The summed E-state index contributed by atoms with van der Waals surface area (Å²) in [5.41, 5.74) is 3.06. The summed E-state index contributed by atoms with van der Waals surface area (Å²) in [7, 11) is 0. The molecule has 0 aliphatic rings. The van der Waals surface area contributed by atoms with Crippen LogP contribution in [-0.2, 0) is 19.6 Å². The standard InChI is InChI=1S/C14H22ClN5/c1-4-7-16-9-12-6-8-17-20(12)10-13-14(15)11(3)18-19(13)5-2/h6,8,16H,4-5,7,9-10H2,1-3H3. The molecule has 20 heavy (non-hydrogen) atoms. The average molecular weight is 296 g/mol. The highest BCUT2D eigenvalue weighted by Crippen LogP contribution is 2.21. The molecule has 0 aromatic carbocycles. The van der Waals surface area contributed by atoms with E-state index >= 15 is 0 Å². The minimum absolute atomic E-state index is 0.656. The highest BCUT2D eigenvalue weighted by molar-refractivity contribution is 6.31. The van der Waals surface area contributed by atoms with Gasteiger partial charge in [0.05, 0.1) is 28.6 Å². The second kappa shape index (κ2) is 6.90. The largest absolute Gasteiger partial charge is 0.311 e. The molecule has 0 aliphatic carbocycles. The van der Waals surface area contributed by atoms with Crippen molar-refractivity contribution in [1.82, 2.24) is 24.9 Å². The number of halogens is 1. The summed E-state index contributed by atoms with van der Waals surface area (Å²) >= 11 is 6.35. The Morgan fingerprint density at radius 1 is 1.30 bits per heavy atom. The molecular weight excluding hydrogens is 274 g/mol. The van der Waals surface area contributed by atoms with E-state index in [9.17, 15) is 0 Å². The maximum Gasteiger partial charge on any atom is 0.0866 e. The molecule has 0 saturated heterocycles. The van der Waals surface area contributed by atoms with Crippen LogP contribution in [0.1, 0.15) is 37.4 Å².